The number of halogens is 2. The molecular formula is C9H11Cl2N3. The van der Waals surface area contributed by atoms with E-state index in [-0.39, 0.29) is 24.8 Å². The van der Waals surface area contributed by atoms with Gasteiger partial charge in [0.2, 0.25) is 0 Å². The molecular weight excluding hydrogens is 221 g/mol. The van der Waals surface area contributed by atoms with Gasteiger partial charge in [-0.15, -0.1) is 24.8 Å². The number of hydrogen-bond donors (Lipinski definition) is 2. The second-order valence-corrected chi connectivity index (χ2v) is 2.52. The molecule has 0 saturated heterocycles. The molecule has 0 amide bonds. The fourth-order valence-electron chi connectivity index (χ4n) is 1.22. The molecule has 0 aliphatic carbocycles. The van der Waals surface area contributed by atoms with E-state index in [1.807, 2.05) is 30.3 Å². The van der Waals surface area contributed by atoms with Crippen LogP contribution in [-0.4, -0.2) is 4.98 Å². The largest absolute Gasteiger partial charge is 0.323 e. The molecule has 0 saturated carbocycles. The molecule has 1 heterocycles. The minimum Gasteiger partial charge on any atom is -0.323 e. The zero-order valence-corrected chi connectivity index (χ0v) is 8.94. The zero-order valence-electron chi connectivity index (χ0n) is 7.31. The lowest BCUT2D eigenvalue weighted by molar-refractivity contribution is 1.33. The minimum absolute atomic E-state index is 0. The normalized spacial score (nSPS) is 8.64. The Labute approximate surface area is 94.5 Å². The van der Waals surface area contributed by atoms with E-state index >= 15 is 0 Å². The van der Waals surface area contributed by atoms with Gasteiger partial charge in [0.25, 0.3) is 0 Å². The number of anilines is 1. The average Bonchev–Trinajstić information content (AvgIpc) is 2.17. The Morgan fingerprint density at radius 1 is 1.07 bits per heavy atom. The summed E-state index contributed by atoms with van der Waals surface area (Å²) in [7, 11) is 0. The Morgan fingerprint density at radius 3 is 2.50 bits per heavy atom. The Balaban J connectivity index is 0.000000845. The number of hydrogen-bond acceptors (Lipinski definition) is 3. The van der Waals surface area contributed by atoms with Gasteiger partial charge in [0.05, 0.1) is 11.2 Å². The first-order valence-corrected chi connectivity index (χ1v) is 3.72. The van der Waals surface area contributed by atoms with Gasteiger partial charge in [-0.1, -0.05) is 18.2 Å². The van der Waals surface area contributed by atoms with Crippen LogP contribution in [0.5, 0.6) is 0 Å². The van der Waals surface area contributed by atoms with Crippen molar-refractivity contribution in [3.63, 3.8) is 0 Å². The van der Waals surface area contributed by atoms with E-state index in [9.17, 15) is 0 Å². The summed E-state index contributed by atoms with van der Waals surface area (Å²) in [5.41, 5.74) is 4.49. The first kappa shape index (κ1) is 13.0. The molecule has 2 aromatic rings. The standard InChI is InChI=1S/C9H9N3.2ClH/c10-12-9-5-6-11-8-4-2-1-3-7(8)9;;/h1-6H,10H2,(H,11,12);2*1H. The Kier molecular flexibility index (Phi) is 5.23. The van der Waals surface area contributed by atoms with E-state index in [0.717, 1.165) is 16.6 Å². The van der Waals surface area contributed by atoms with Crippen LogP contribution in [0, 0.1) is 0 Å². The van der Waals surface area contributed by atoms with Crippen molar-refractivity contribution in [2.75, 3.05) is 5.43 Å². The van der Waals surface area contributed by atoms with Gasteiger partial charge in [-0.2, -0.15) is 0 Å². The van der Waals surface area contributed by atoms with Crippen molar-refractivity contribution >= 4 is 41.4 Å². The van der Waals surface area contributed by atoms with Crippen molar-refractivity contribution < 1.29 is 0 Å². The molecule has 3 N–H and O–H groups in total. The number of aromatic nitrogens is 1. The van der Waals surface area contributed by atoms with Crippen LogP contribution < -0.4 is 11.3 Å². The quantitative estimate of drug-likeness (QED) is 0.586. The molecule has 76 valence electrons. The van der Waals surface area contributed by atoms with Crippen molar-refractivity contribution in [1.82, 2.24) is 4.98 Å². The minimum atomic E-state index is 0. The number of nitrogen functional groups attached to an aromatic ring is 1. The molecule has 0 unspecified atom stereocenters. The number of hydrazine groups is 1. The fourth-order valence-corrected chi connectivity index (χ4v) is 1.22. The predicted octanol–water partition coefficient (Wildman–Crippen LogP) is 2.36. The Hall–Kier alpha value is -1.03. The van der Waals surface area contributed by atoms with Crippen LogP contribution in [0.25, 0.3) is 10.9 Å². The molecule has 1 aromatic carbocycles. The van der Waals surface area contributed by atoms with E-state index < -0.39 is 0 Å². The van der Waals surface area contributed by atoms with Gasteiger partial charge in [0.15, 0.2) is 0 Å². The molecule has 14 heavy (non-hydrogen) atoms. The summed E-state index contributed by atoms with van der Waals surface area (Å²) >= 11 is 0. The van der Waals surface area contributed by atoms with E-state index in [1.165, 1.54) is 0 Å². The van der Waals surface area contributed by atoms with Gasteiger partial charge in [-0.05, 0) is 12.1 Å². The summed E-state index contributed by atoms with van der Waals surface area (Å²) in [5.74, 6) is 5.34. The summed E-state index contributed by atoms with van der Waals surface area (Å²) in [6, 6.07) is 9.70. The van der Waals surface area contributed by atoms with E-state index in [2.05, 4.69) is 10.4 Å². The van der Waals surface area contributed by atoms with Crippen LogP contribution >= 0.6 is 24.8 Å². The number of nitrogens with two attached hydrogens (primary N) is 1. The summed E-state index contributed by atoms with van der Waals surface area (Å²) < 4.78 is 0. The molecule has 0 fully saturated rings. The van der Waals surface area contributed by atoms with Crippen molar-refractivity contribution in [1.29, 1.82) is 0 Å². The smallest absolute Gasteiger partial charge is 0.0723 e. The highest BCUT2D eigenvalue weighted by molar-refractivity contribution is 5.90. The summed E-state index contributed by atoms with van der Waals surface area (Å²) in [6.45, 7) is 0. The maximum Gasteiger partial charge on any atom is 0.0723 e. The van der Waals surface area contributed by atoms with Gasteiger partial charge >= 0.3 is 0 Å². The van der Waals surface area contributed by atoms with Gasteiger partial charge < -0.3 is 5.43 Å². The molecule has 0 spiro atoms. The van der Waals surface area contributed by atoms with Gasteiger partial charge in [0.1, 0.15) is 0 Å². The topological polar surface area (TPSA) is 50.9 Å². The van der Waals surface area contributed by atoms with Gasteiger partial charge in [-0.3, -0.25) is 10.8 Å². The van der Waals surface area contributed by atoms with Crippen molar-refractivity contribution in [3.05, 3.63) is 36.5 Å². The lowest BCUT2D eigenvalue weighted by atomic mass is 10.2. The van der Waals surface area contributed by atoms with Crippen molar-refractivity contribution in [3.8, 4) is 0 Å². The van der Waals surface area contributed by atoms with E-state index in [0.29, 0.717) is 0 Å². The summed E-state index contributed by atoms with van der Waals surface area (Å²) in [4.78, 5) is 4.19. The van der Waals surface area contributed by atoms with Crippen LogP contribution in [0.4, 0.5) is 5.69 Å². The molecule has 1 aromatic heterocycles. The average molecular weight is 232 g/mol. The van der Waals surface area contributed by atoms with Gasteiger partial charge in [0, 0.05) is 11.6 Å². The molecule has 0 aliphatic rings. The Morgan fingerprint density at radius 2 is 1.79 bits per heavy atom. The van der Waals surface area contributed by atoms with Crippen LogP contribution in [0.2, 0.25) is 0 Å². The summed E-state index contributed by atoms with van der Waals surface area (Å²) in [6.07, 6.45) is 1.73. The third-order valence-corrected chi connectivity index (χ3v) is 1.80. The summed E-state index contributed by atoms with van der Waals surface area (Å²) in [5, 5.41) is 1.04. The molecule has 2 rings (SSSR count). The third kappa shape index (κ3) is 2.26. The number of rotatable bonds is 1. The molecule has 5 heteroatoms. The second kappa shape index (κ2) is 5.65. The van der Waals surface area contributed by atoms with E-state index in [4.69, 9.17) is 5.84 Å². The molecule has 0 atom stereocenters. The van der Waals surface area contributed by atoms with Crippen molar-refractivity contribution in [2.24, 2.45) is 5.84 Å². The molecule has 3 nitrogen and oxygen atoms in total. The first-order chi connectivity index (χ1) is 5.92. The van der Waals surface area contributed by atoms with Crippen LogP contribution in [-0.2, 0) is 0 Å². The van der Waals surface area contributed by atoms with Crippen LogP contribution in [0.1, 0.15) is 0 Å². The van der Waals surface area contributed by atoms with Crippen LogP contribution in [0.3, 0.4) is 0 Å². The highest BCUT2D eigenvalue weighted by Gasteiger charge is 1.96. The SMILES string of the molecule is Cl.Cl.NNc1ccnc2ccccc12. The first-order valence-electron chi connectivity index (χ1n) is 3.72. The molecule has 0 bridgehead atoms. The lowest BCUT2D eigenvalue weighted by Gasteiger charge is -2.02. The number of benzene rings is 1. The van der Waals surface area contributed by atoms with Gasteiger partial charge in [-0.25, -0.2) is 0 Å². The number of nitrogens with zero attached hydrogens (tertiary/aromatic N) is 1. The number of para-hydroxylation sites is 1. The number of nitrogens with one attached hydrogen (secondary N) is 1. The highest BCUT2D eigenvalue weighted by Crippen LogP contribution is 2.19. The second-order valence-electron chi connectivity index (χ2n) is 2.52. The highest BCUT2D eigenvalue weighted by atomic mass is 35.5. The zero-order chi connectivity index (χ0) is 8.39. The maximum atomic E-state index is 5.34. The van der Waals surface area contributed by atoms with E-state index in [1.54, 1.807) is 6.20 Å². The number of pyridine rings is 1. The monoisotopic (exact) mass is 231 g/mol. The predicted molar refractivity (Wildman–Crippen MR) is 64.0 cm³/mol. The lowest BCUT2D eigenvalue weighted by Crippen LogP contribution is -2.07. The Bertz CT molecular complexity index is 401. The maximum absolute atomic E-state index is 5.34. The van der Waals surface area contributed by atoms with Crippen molar-refractivity contribution in [2.45, 2.75) is 0 Å². The molecule has 0 radical (unpaired) electrons. The number of fused-ring (bicyclic) bond motifs is 1. The van der Waals surface area contributed by atoms with Crippen LogP contribution in [0.15, 0.2) is 36.5 Å². The third-order valence-electron chi connectivity index (χ3n) is 1.80. The fraction of sp³-hybridized carbons (Fsp3) is 0. The molecule has 0 aliphatic heterocycles.